The van der Waals surface area contributed by atoms with Gasteiger partial charge in [-0.05, 0) is 25.1 Å². The van der Waals surface area contributed by atoms with Crippen molar-refractivity contribution < 1.29 is 13.9 Å². The van der Waals surface area contributed by atoms with Gasteiger partial charge in [0, 0.05) is 5.39 Å². The van der Waals surface area contributed by atoms with Crippen LogP contribution in [0, 0.1) is 0 Å². The average Bonchev–Trinajstić information content (AvgIpc) is 2.60. The fourth-order valence-electron chi connectivity index (χ4n) is 1.38. The van der Waals surface area contributed by atoms with Crippen LogP contribution in [0.25, 0.3) is 11.0 Å². The molecule has 0 saturated heterocycles. The minimum Gasteiger partial charge on any atom is -0.494 e. The minimum absolute atomic E-state index is 0.557. The van der Waals surface area contributed by atoms with Crippen molar-refractivity contribution in [2.45, 2.75) is 6.92 Å². The monoisotopic (exact) mass is 190 g/mol. The van der Waals surface area contributed by atoms with Gasteiger partial charge in [0.25, 0.3) is 0 Å². The van der Waals surface area contributed by atoms with E-state index in [9.17, 15) is 4.79 Å². The molecule has 72 valence electrons. The second kappa shape index (κ2) is 3.54. The van der Waals surface area contributed by atoms with Gasteiger partial charge in [-0.15, -0.1) is 0 Å². The molecule has 1 aromatic heterocycles. The van der Waals surface area contributed by atoms with E-state index in [1.165, 1.54) is 6.26 Å². The van der Waals surface area contributed by atoms with Crippen LogP contribution < -0.4 is 4.74 Å². The molecule has 2 rings (SSSR count). The molecule has 0 unspecified atom stereocenters. The molecule has 0 N–H and O–H groups in total. The summed E-state index contributed by atoms with van der Waals surface area (Å²) in [4.78, 5) is 10.6. The molecule has 0 aliphatic heterocycles. The van der Waals surface area contributed by atoms with Crippen LogP contribution in [-0.2, 0) is 0 Å². The first-order valence-corrected chi connectivity index (χ1v) is 4.44. The lowest BCUT2D eigenvalue weighted by atomic mass is 10.2. The summed E-state index contributed by atoms with van der Waals surface area (Å²) in [6.07, 6.45) is 2.23. The van der Waals surface area contributed by atoms with Crippen molar-refractivity contribution in [3.8, 4) is 5.75 Å². The van der Waals surface area contributed by atoms with Gasteiger partial charge in [0.05, 0.1) is 12.2 Å². The summed E-state index contributed by atoms with van der Waals surface area (Å²) in [7, 11) is 0. The Balaban J connectivity index is 2.55. The molecule has 0 saturated carbocycles. The minimum atomic E-state index is 0.557. The Morgan fingerprint density at radius 1 is 1.50 bits per heavy atom. The van der Waals surface area contributed by atoms with Crippen molar-refractivity contribution >= 4 is 17.3 Å². The Morgan fingerprint density at radius 3 is 3.07 bits per heavy atom. The molecule has 2 aromatic rings. The maximum Gasteiger partial charge on any atom is 0.153 e. The van der Waals surface area contributed by atoms with Gasteiger partial charge in [0.2, 0.25) is 0 Å². The molecule has 14 heavy (non-hydrogen) atoms. The van der Waals surface area contributed by atoms with Gasteiger partial charge in [-0.25, -0.2) is 0 Å². The Hall–Kier alpha value is -1.77. The Labute approximate surface area is 81.3 Å². The second-order valence-corrected chi connectivity index (χ2v) is 2.90. The number of carbonyl (C=O) groups excluding carboxylic acids is 1. The number of aldehydes is 1. The first-order valence-electron chi connectivity index (χ1n) is 4.44. The van der Waals surface area contributed by atoms with Gasteiger partial charge in [-0.2, -0.15) is 0 Å². The molecule has 0 spiro atoms. The molecule has 0 atom stereocenters. The summed E-state index contributed by atoms with van der Waals surface area (Å²) in [6, 6.07) is 5.43. The zero-order valence-corrected chi connectivity index (χ0v) is 7.82. The van der Waals surface area contributed by atoms with E-state index in [1.54, 1.807) is 6.07 Å². The number of carbonyl (C=O) groups is 1. The average molecular weight is 190 g/mol. The van der Waals surface area contributed by atoms with Gasteiger partial charge in [0.15, 0.2) is 6.29 Å². The summed E-state index contributed by atoms with van der Waals surface area (Å²) >= 11 is 0. The van der Waals surface area contributed by atoms with Crippen LogP contribution in [0.1, 0.15) is 17.3 Å². The lowest BCUT2D eigenvalue weighted by molar-refractivity contribution is 0.112. The largest absolute Gasteiger partial charge is 0.494 e. The van der Waals surface area contributed by atoms with Crippen LogP contribution in [0.5, 0.6) is 5.75 Å². The summed E-state index contributed by atoms with van der Waals surface area (Å²) in [5.41, 5.74) is 1.26. The second-order valence-electron chi connectivity index (χ2n) is 2.90. The molecule has 0 amide bonds. The molecule has 1 heterocycles. The summed E-state index contributed by atoms with van der Waals surface area (Å²) in [5.74, 6) is 0.754. The highest BCUT2D eigenvalue weighted by molar-refractivity contribution is 5.96. The van der Waals surface area contributed by atoms with Crippen LogP contribution in [0.15, 0.2) is 28.9 Å². The standard InChI is InChI=1S/C11H10O3/c1-2-13-9-3-4-11-10(5-9)8(6-12)7-14-11/h3-7H,2H2,1H3. The van der Waals surface area contributed by atoms with Crippen LogP contribution >= 0.6 is 0 Å². The highest BCUT2D eigenvalue weighted by Crippen LogP contribution is 2.24. The maximum absolute atomic E-state index is 10.6. The Morgan fingerprint density at radius 2 is 2.36 bits per heavy atom. The fraction of sp³-hybridized carbons (Fsp3) is 0.182. The van der Waals surface area contributed by atoms with Gasteiger partial charge < -0.3 is 9.15 Å². The molecule has 3 heteroatoms. The van der Waals surface area contributed by atoms with E-state index in [4.69, 9.17) is 9.15 Å². The number of benzene rings is 1. The SMILES string of the molecule is CCOc1ccc2occ(C=O)c2c1. The number of hydrogen-bond donors (Lipinski definition) is 0. The van der Waals surface area contributed by atoms with E-state index in [-0.39, 0.29) is 0 Å². The molecule has 1 aromatic carbocycles. The zero-order valence-electron chi connectivity index (χ0n) is 7.82. The topological polar surface area (TPSA) is 39.4 Å². The number of ether oxygens (including phenoxy) is 1. The quantitative estimate of drug-likeness (QED) is 0.698. The first-order chi connectivity index (χ1) is 6.85. The molecular weight excluding hydrogens is 180 g/mol. The van der Waals surface area contributed by atoms with E-state index in [0.29, 0.717) is 17.8 Å². The summed E-state index contributed by atoms with van der Waals surface area (Å²) in [5, 5.41) is 0.797. The fourth-order valence-corrected chi connectivity index (χ4v) is 1.38. The van der Waals surface area contributed by atoms with E-state index < -0.39 is 0 Å². The van der Waals surface area contributed by atoms with Crippen LogP contribution in [-0.4, -0.2) is 12.9 Å². The third-order valence-electron chi connectivity index (χ3n) is 2.01. The van der Waals surface area contributed by atoms with Crippen molar-refractivity contribution in [3.05, 3.63) is 30.0 Å². The van der Waals surface area contributed by atoms with Crippen molar-refractivity contribution in [1.29, 1.82) is 0 Å². The molecule has 0 bridgehead atoms. The third kappa shape index (κ3) is 1.37. The smallest absolute Gasteiger partial charge is 0.153 e. The number of rotatable bonds is 3. The predicted octanol–water partition coefficient (Wildman–Crippen LogP) is 2.64. The lowest BCUT2D eigenvalue weighted by Gasteiger charge is -2.01. The van der Waals surface area contributed by atoms with E-state index in [1.807, 2.05) is 19.1 Å². The number of fused-ring (bicyclic) bond motifs is 1. The normalized spacial score (nSPS) is 10.4. The molecule has 0 radical (unpaired) electrons. The maximum atomic E-state index is 10.6. The van der Waals surface area contributed by atoms with Crippen LogP contribution in [0.4, 0.5) is 0 Å². The first kappa shape index (κ1) is 8.81. The predicted molar refractivity (Wildman–Crippen MR) is 52.8 cm³/mol. The molecule has 3 nitrogen and oxygen atoms in total. The zero-order chi connectivity index (χ0) is 9.97. The van der Waals surface area contributed by atoms with E-state index in [0.717, 1.165) is 17.4 Å². The highest BCUT2D eigenvalue weighted by Gasteiger charge is 2.05. The summed E-state index contributed by atoms with van der Waals surface area (Å²) < 4.78 is 10.5. The van der Waals surface area contributed by atoms with Gasteiger partial charge in [-0.3, -0.25) is 4.79 Å². The summed E-state index contributed by atoms with van der Waals surface area (Å²) in [6.45, 7) is 2.53. The molecular formula is C11H10O3. The number of furan rings is 1. The van der Waals surface area contributed by atoms with Gasteiger partial charge in [-0.1, -0.05) is 0 Å². The van der Waals surface area contributed by atoms with E-state index >= 15 is 0 Å². The Bertz CT molecular complexity index is 457. The highest BCUT2D eigenvalue weighted by atomic mass is 16.5. The molecule has 0 aliphatic carbocycles. The van der Waals surface area contributed by atoms with Crippen LogP contribution in [0.3, 0.4) is 0 Å². The van der Waals surface area contributed by atoms with Crippen molar-refractivity contribution in [2.24, 2.45) is 0 Å². The van der Waals surface area contributed by atoms with Crippen molar-refractivity contribution in [3.63, 3.8) is 0 Å². The van der Waals surface area contributed by atoms with Gasteiger partial charge >= 0.3 is 0 Å². The molecule has 0 fully saturated rings. The van der Waals surface area contributed by atoms with Crippen molar-refractivity contribution in [1.82, 2.24) is 0 Å². The lowest BCUT2D eigenvalue weighted by Crippen LogP contribution is -1.90. The van der Waals surface area contributed by atoms with Crippen LogP contribution in [0.2, 0.25) is 0 Å². The van der Waals surface area contributed by atoms with Gasteiger partial charge in [0.1, 0.15) is 17.6 Å². The molecule has 0 aliphatic rings. The number of hydrogen-bond acceptors (Lipinski definition) is 3. The van der Waals surface area contributed by atoms with E-state index in [2.05, 4.69) is 0 Å². The third-order valence-corrected chi connectivity index (χ3v) is 2.01. The van der Waals surface area contributed by atoms with Crippen molar-refractivity contribution in [2.75, 3.05) is 6.61 Å². The Kier molecular flexibility index (Phi) is 2.23.